The fourth-order valence-corrected chi connectivity index (χ4v) is 2.56. The Kier molecular flexibility index (Phi) is 5.42. The first kappa shape index (κ1) is 16.0. The van der Waals surface area contributed by atoms with Crippen molar-refractivity contribution >= 4 is 43.3 Å². The summed E-state index contributed by atoms with van der Waals surface area (Å²) in [4.78, 5) is 12.5. The van der Waals surface area contributed by atoms with Crippen LogP contribution in [0.15, 0.2) is 45.3 Å². The summed E-state index contributed by atoms with van der Waals surface area (Å²) in [5.41, 5.74) is 7.51. The van der Waals surface area contributed by atoms with Crippen LogP contribution in [0.25, 0.3) is 0 Å². The third-order valence-electron chi connectivity index (χ3n) is 2.91. The monoisotopic (exact) mass is 411 g/mol. The third kappa shape index (κ3) is 3.86. The number of benzene rings is 2. The van der Waals surface area contributed by atoms with E-state index in [1.807, 2.05) is 6.92 Å². The first-order valence-corrected chi connectivity index (χ1v) is 8.13. The molecule has 0 spiro atoms. The van der Waals surface area contributed by atoms with Crippen LogP contribution in [-0.2, 0) is 0 Å². The summed E-state index contributed by atoms with van der Waals surface area (Å²) in [5, 5.41) is 0. The van der Waals surface area contributed by atoms with Gasteiger partial charge in [0.1, 0.15) is 5.75 Å². The molecule has 21 heavy (non-hydrogen) atoms. The van der Waals surface area contributed by atoms with Gasteiger partial charge in [0.05, 0.1) is 11.1 Å². The van der Waals surface area contributed by atoms with Gasteiger partial charge in [0.25, 0.3) is 0 Å². The zero-order valence-corrected chi connectivity index (χ0v) is 14.7. The molecule has 2 rings (SSSR count). The van der Waals surface area contributed by atoms with Crippen molar-refractivity contribution in [1.82, 2.24) is 0 Å². The van der Waals surface area contributed by atoms with Crippen molar-refractivity contribution < 1.29 is 9.53 Å². The SMILES string of the molecule is CCCOc1ccc(C(=O)c2ccc(Br)c(N)c2)cc1Br. The van der Waals surface area contributed by atoms with Gasteiger partial charge in [-0.15, -0.1) is 0 Å². The highest BCUT2D eigenvalue weighted by molar-refractivity contribution is 9.11. The van der Waals surface area contributed by atoms with Gasteiger partial charge in [0.15, 0.2) is 5.78 Å². The molecule has 2 aromatic carbocycles. The van der Waals surface area contributed by atoms with Crippen molar-refractivity contribution in [3.63, 3.8) is 0 Å². The first-order chi connectivity index (χ1) is 10.0. The number of nitrogen functional groups attached to an aromatic ring is 1. The van der Waals surface area contributed by atoms with Crippen LogP contribution < -0.4 is 10.5 Å². The number of carbonyl (C=O) groups is 1. The molecule has 0 aliphatic rings. The number of carbonyl (C=O) groups excluding carboxylic acids is 1. The average molecular weight is 413 g/mol. The summed E-state index contributed by atoms with van der Waals surface area (Å²) in [6.45, 7) is 2.69. The summed E-state index contributed by atoms with van der Waals surface area (Å²) in [7, 11) is 0. The smallest absolute Gasteiger partial charge is 0.193 e. The fraction of sp³-hybridized carbons (Fsp3) is 0.188. The van der Waals surface area contributed by atoms with E-state index >= 15 is 0 Å². The molecule has 0 saturated carbocycles. The number of nitrogens with two attached hydrogens (primary N) is 1. The first-order valence-electron chi connectivity index (χ1n) is 6.55. The molecule has 0 aliphatic heterocycles. The van der Waals surface area contributed by atoms with E-state index < -0.39 is 0 Å². The maximum atomic E-state index is 12.5. The molecule has 0 radical (unpaired) electrons. The molecule has 2 aromatic rings. The van der Waals surface area contributed by atoms with Crippen LogP contribution >= 0.6 is 31.9 Å². The van der Waals surface area contributed by atoms with Gasteiger partial charge in [0, 0.05) is 21.3 Å². The number of ether oxygens (including phenoxy) is 1. The van der Waals surface area contributed by atoms with Gasteiger partial charge >= 0.3 is 0 Å². The molecule has 0 heterocycles. The standard InChI is InChI=1S/C16H15Br2NO2/c1-2-7-21-15-6-4-10(8-13(15)18)16(20)11-3-5-12(17)14(19)9-11/h3-6,8-9H,2,7,19H2,1H3. The zero-order valence-electron chi connectivity index (χ0n) is 11.5. The van der Waals surface area contributed by atoms with E-state index in [2.05, 4.69) is 31.9 Å². The second-order valence-electron chi connectivity index (χ2n) is 4.56. The second-order valence-corrected chi connectivity index (χ2v) is 6.27. The second kappa shape index (κ2) is 7.09. The lowest BCUT2D eigenvalue weighted by molar-refractivity contribution is 0.103. The van der Waals surface area contributed by atoms with Crippen LogP contribution in [0.4, 0.5) is 5.69 Å². The highest BCUT2D eigenvalue weighted by atomic mass is 79.9. The van der Waals surface area contributed by atoms with Gasteiger partial charge in [-0.3, -0.25) is 4.79 Å². The Morgan fingerprint density at radius 3 is 2.38 bits per heavy atom. The van der Waals surface area contributed by atoms with Crippen molar-refractivity contribution in [1.29, 1.82) is 0 Å². The topological polar surface area (TPSA) is 52.3 Å². The molecule has 0 aromatic heterocycles. The molecule has 0 aliphatic carbocycles. The van der Waals surface area contributed by atoms with E-state index in [1.54, 1.807) is 36.4 Å². The Morgan fingerprint density at radius 1 is 1.10 bits per heavy atom. The minimum atomic E-state index is -0.0723. The van der Waals surface area contributed by atoms with Crippen molar-refractivity contribution in [3.8, 4) is 5.75 Å². The molecule has 0 atom stereocenters. The molecule has 0 fully saturated rings. The normalized spacial score (nSPS) is 10.4. The number of anilines is 1. The van der Waals surface area contributed by atoms with E-state index in [9.17, 15) is 4.79 Å². The largest absolute Gasteiger partial charge is 0.492 e. The van der Waals surface area contributed by atoms with Gasteiger partial charge in [-0.25, -0.2) is 0 Å². The Bertz CT molecular complexity index is 671. The molecule has 2 N–H and O–H groups in total. The van der Waals surface area contributed by atoms with Crippen molar-refractivity contribution in [3.05, 3.63) is 56.5 Å². The summed E-state index contributed by atoms with van der Waals surface area (Å²) < 4.78 is 7.13. The van der Waals surface area contributed by atoms with Crippen molar-refractivity contribution in [2.75, 3.05) is 12.3 Å². The Balaban J connectivity index is 2.27. The van der Waals surface area contributed by atoms with E-state index in [1.165, 1.54) is 0 Å². The minimum Gasteiger partial charge on any atom is -0.492 e. The lowest BCUT2D eigenvalue weighted by atomic mass is 10.0. The summed E-state index contributed by atoms with van der Waals surface area (Å²) in [6, 6.07) is 10.5. The highest BCUT2D eigenvalue weighted by Gasteiger charge is 2.12. The van der Waals surface area contributed by atoms with E-state index in [4.69, 9.17) is 10.5 Å². The van der Waals surface area contributed by atoms with Gasteiger partial charge in [0.2, 0.25) is 0 Å². The molecular formula is C16H15Br2NO2. The van der Waals surface area contributed by atoms with Crippen LogP contribution in [-0.4, -0.2) is 12.4 Å². The van der Waals surface area contributed by atoms with Crippen molar-refractivity contribution in [2.45, 2.75) is 13.3 Å². The van der Waals surface area contributed by atoms with E-state index in [-0.39, 0.29) is 5.78 Å². The Morgan fingerprint density at radius 2 is 1.76 bits per heavy atom. The van der Waals surface area contributed by atoms with Gasteiger partial charge < -0.3 is 10.5 Å². The zero-order chi connectivity index (χ0) is 15.4. The molecule has 110 valence electrons. The summed E-state index contributed by atoms with van der Waals surface area (Å²) in [6.07, 6.45) is 0.936. The lowest BCUT2D eigenvalue weighted by Crippen LogP contribution is -2.03. The van der Waals surface area contributed by atoms with Gasteiger partial charge in [-0.2, -0.15) is 0 Å². The third-order valence-corrected chi connectivity index (χ3v) is 4.26. The molecule has 5 heteroatoms. The number of halogens is 2. The van der Waals surface area contributed by atoms with Gasteiger partial charge in [-0.1, -0.05) is 6.92 Å². The Labute approximate surface area is 140 Å². The summed E-state index contributed by atoms with van der Waals surface area (Å²) >= 11 is 6.75. The average Bonchev–Trinajstić information content (AvgIpc) is 2.48. The van der Waals surface area contributed by atoms with Gasteiger partial charge in [-0.05, 0) is 74.7 Å². The minimum absolute atomic E-state index is 0.0723. The highest BCUT2D eigenvalue weighted by Crippen LogP contribution is 2.28. The van der Waals surface area contributed by atoms with Crippen LogP contribution in [0.5, 0.6) is 5.75 Å². The molecular weight excluding hydrogens is 398 g/mol. The van der Waals surface area contributed by atoms with E-state index in [0.29, 0.717) is 23.4 Å². The molecule has 0 saturated heterocycles. The fourth-order valence-electron chi connectivity index (χ4n) is 1.82. The molecule has 0 bridgehead atoms. The van der Waals surface area contributed by atoms with Crippen LogP contribution in [0.3, 0.4) is 0 Å². The number of hydrogen-bond acceptors (Lipinski definition) is 3. The Hall–Kier alpha value is -1.33. The summed E-state index contributed by atoms with van der Waals surface area (Å²) in [5.74, 6) is 0.667. The van der Waals surface area contributed by atoms with Crippen LogP contribution in [0.2, 0.25) is 0 Å². The maximum Gasteiger partial charge on any atom is 0.193 e. The molecule has 0 amide bonds. The van der Waals surface area contributed by atoms with Crippen LogP contribution in [0, 0.1) is 0 Å². The number of hydrogen-bond donors (Lipinski definition) is 1. The predicted molar refractivity (Wildman–Crippen MR) is 91.9 cm³/mol. The molecule has 3 nitrogen and oxygen atoms in total. The predicted octanol–water partition coefficient (Wildman–Crippen LogP) is 4.81. The van der Waals surface area contributed by atoms with Crippen LogP contribution in [0.1, 0.15) is 29.3 Å². The van der Waals surface area contributed by atoms with E-state index in [0.717, 1.165) is 21.1 Å². The number of ketones is 1. The van der Waals surface area contributed by atoms with Crippen molar-refractivity contribution in [2.24, 2.45) is 0 Å². The quantitative estimate of drug-likeness (QED) is 0.566. The lowest BCUT2D eigenvalue weighted by Gasteiger charge is -2.09. The maximum absolute atomic E-state index is 12.5. The number of rotatable bonds is 5. The molecule has 0 unspecified atom stereocenters.